The second kappa shape index (κ2) is 9.71. The van der Waals surface area contributed by atoms with Gasteiger partial charge in [0.2, 0.25) is 0 Å². The molecule has 0 spiro atoms. The van der Waals surface area contributed by atoms with Gasteiger partial charge < -0.3 is 9.47 Å². The quantitative estimate of drug-likeness (QED) is 0.295. The van der Waals surface area contributed by atoms with Crippen molar-refractivity contribution in [1.82, 2.24) is 0 Å². The largest absolute Gasteiger partial charge is 0.461 e. The fraction of sp³-hybridized carbons (Fsp3) is 0.667. The summed E-state index contributed by atoms with van der Waals surface area (Å²) in [6.07, 6.45) is 1.36. The van der Waals surface area contributed by atoms with Crippen molar-refractivity contribution >= 4 is 32.2 Å². The lowest BCUT2D eigenvalue weighted by atomic mass is 10.3. The molecule has 0 aliphatic carbocycles. The summed E-state index contributed by atoms with van der Waals surface area (Å²) in [5.41, 5.74) is 0. The number of hydrogen-bond acceptors (Lipinski definition) is 8. The van der Waals surface area contributed by atoms with Crippen molar-refractivity contribution in [1.29, 1.82) is 0 Å². The highest BCUT2D eigenvalue weighted by molar-refractivity contribution is 7.86. The molecule has 0 bridgehead atoms. The van der Waals surface area contributed by atoms with Crippen LogP contribution in [-0.2, 0) is 39.3 Å². The molecule has 2 N–H and O–H groups in total. The Kier molecular flexibility index (Phi) is 9.11. The summed E-state index contributed by atoms with van der Waals surface area (Å²) in [6.45, 7) is 1.76. The maximum atomic E-state index is 11.3. The maximum absolute atomic E-state index is 11.3. The molecule has 0 aliphatic heterocycles. The Morgan fingerprint density at radius 2 is 1.12 bits per heavy atom. The highest BCUT2D eigenvalue weighted by atomic mass is 32.2. The van der Waals surface area contributed by atoms with Gasteiger partial charge in [-0.1, -0.05) is 13.8 Å². The fourth-order valence-corrected chi connectivity index (χ4v) is 2.73. The molecule has 0 rings (SSSR count). The molecular formula is C12H20O10S2. The van der Waals surface area contributed by atoms with Crippen molar-refractivity contribution in [3.8, 4) is 0 Å². The van der Waals surface area contributed by atoms with Crippen LogP contribution in [0.5, 0.6) is 0 Å². The number of carbonyl (C=O) groups is 2. The Morgan fingerprint density at radius 1 is 0.833 bits per heavy atom. The smallest absolute Gasteiger partial charge is 0.331 e. The molecule has 0 radical (unpaired) electrons. The summed E-state index contributed by atoms with van der Waals surface area (Å²) in [5, 5.41) is -2.55. The summed E-state index contributed by atoms with van der Waals surface area (Å²) in [5.74, 6) is -2.09. The van der Waals surface area contributed by atoms with Gasteiger partial charge in [-0.15, -0.1) is 0 Å². The third-order valence-corrected chi connectivity index (χ3v) is 5.56. The maximum Gasteiger partial charge on any atom is 0.331 e. The van der Waals surface area contributed by atoms with Crippen LogP contribution >= 0.6 is 0 Å². The molecule has 0 fully saturated rings. The average molecular weight is 388 g/mol. The number of rotatable bonds is 10. The van der Waals surface area contributed by atoms with E-state index in [2.05, 4.69) is 9.47 Å². The minimum Gasteiger partial charge on any atom is -0.461 e. The molecule has 12 heteroatoms. The lowest BCUT2D eigenvalue weighted by molar-refractivity contribution is -0.140. The van der Waals surface area contributed by atoms with E-state index in [0.717, 1.165) is 0 Å². The van der Waals surface area contributed by atoms with Crippen LogP contribution in [0.2, 0.25) is 0 Å². The van der Waals surface area contributed by atoms with Gasteiger partial charge in [-0.05, 0) is 12.8 Å². The van der Waals surface area contributed by atoms with Crippen molar-refractivity contribution in [2.45, 2.75) is 37.2 Å². The third kappa shape index (κ3) is 8.96. The molecular weight excluding hydrogens is 368 g/mol. The van der Waals surface area contributed by atoms with Gasteiger partial charge in [-0.2, -0.15) is 16.8 Å². The topological polar surface area (TPSA) is 161 Å². The SMILES string of the molecule is CCC(COC(=O)/C=C/C(=O)OCC(CC)S(=O)(=O)O)S(=O)(=O)O. The second-order valence-corrected chi connectivity index (χ2v) is 8.08. The monoisotopic (exact) mass is 388 g/mol. The van der Waals surface area contributed by atoms with Crippen LogP contribution < -0.4 is 0 Å². The Balaban J connectivity index is 4.43. The Labute approximate surface area is 140 Å². The molecule has 0 aromatic heterocycles. The summed E-state index contributed by atoms with van der Waals surface area (Å²) >= 11 is 0. The molecule has 0 saturated carbocycles. The minimum absolute atomic E-state index is 0.0198. The fourth-order valence-electron chi connectivity index (χ4n) is 1.41. The van der Waals surface area contributed by atoms with Crippen LogP contribution in [-0.4, -0.2) is 61.6 Å². The number of ether oxygens (including phenoxy) is 2. The molecule has 2 unspecified atom stereocenters. The third-order valence-electron chi connectivity index (χ3n) is 2.93. The van der Waals surface area contributed by atoms with E-state index in [1.54, 1.807) is 0 Å². The first-order valence-corrected chi connectivity index (χ1v) is 9.86. The predicted octanol–water partition coefficient (Wildman–Crippen LogP) is -0.0382. The molecule has 0 heterocycles. The first-order valence-electron chi connectivity index (χ1n) is 6.85. The Morgan fingerprint density at radius 3 is 1.33 bits per heavy atom. The van der Waals surface area contributed by atoms with Gasteiger partial charge >= 0.3 is 11.9 Å². The zero-order chi connectivity index (χ0) is 19.0. The van der Waals surface area contributed by atoms with E-state index in [-0.39, 0.29) is 12.8 Å². The van der Waals surface area contributed by atoms with E-state index >= 15 is 0 Å². The van der Waals surface area contributed by atoms with Crippen molar-refractivity contribution in [3.63, 3.8) is 0 Å². The normalized spacial score (nSPS) is 15.0. The van der Waals surface area contributed by atoms with Crippen LogP contribution in [0.25, 0.3) is 0 Å². The number of carbonyl (C=O) groups excluding carboxylic acids is 2. The first kappa shape index (κ1) is 22.5. The highest BCUT2D eigenvalue weighted by Gasteiger charge is 2.23. The molecule has 140 valence electrons. The zero-order valence-corrected chi connectivity index (χ0v) is 14.7. The van der Waals surface area contributed by atoms with Crippen molar-refractivity contribution in [2.24, 2.45) is 0 Å². The number of esters is 2. The Bertz CT molecular complexity index is 604. The lowest BCUT2D eigenvalue weighted by Crippen LogP contribution is -2.27. The molecule has 24 heavy (non-hydrogen) atoms. The van der Waals surface area contributed by atoms with E-state index in [0.29, 0.717) is 12.2 Å². The minimum atomic E-state index is -4.35. The predicted molar refractivity (Wildman–Crippen MR) is 82.3 cm³/mol. The van der Waals surface area contributed by atoms with Crippen LogP contribution in [0.4, 0.5) is 0 Å². The Hall–Kier alpha value is -1.50. The molecule has 0 aliphatic rings. The van der Waals surface area contributed by atoms with Crippen LogP contribution in [0, 0.1) is 0 Å². The standard InChI is InChI=1S/C12H20O10S2/c1-3-9(23(15,16)17)7-21-11(13)5-6-12(14)22-8-10(4-2)24(18,19)20/h5-6,9-10H,3-4,7-8H2,1-2H3,(H,15,16,17)(H,18,19,20)/b6-5+. The van der Waals surface area contributed by atoms with Crippen molar-refractivity contribution in [2.75, 3.05) is 13.2 Å². The van der Waals surface area contributed by atoms with Crippen LogP contribution in [0.15, 0.2) is 12.2 Å². The van der Waals surface area contributed by atoms with Gasteiger partial charge in [0, 0.05) is 12.2 Å². The lowest BCUT2D eigenvalue weighted by Gasteiger charge is -2.11. The molecule has 0 aromatic carbocycles. The van der Waals surface area contributed by atoms with E-state index in [1.807, 2.05) is 0 Å². The van der Waals surface area contributed by atoms with Crippen molar-refractivity contribution in [3.05, 3.63) is 12.2 Å². The summed E-state index contributed by atoms with van der Waals surface area (Å²) in [6, 6.07) is 0. The second-order valence-electron chi connectivity index (χ2n) is 4.68. The average Bonchev–Trinajstić information content (AvgIpc) is 2.43. The van der Waals surface area contributed by atoms with Gasteiger partial charge in [0.05, 0.1) is 0 Å². The summed E-state index contributed by atoms with van der Waals surface area (Å²) < 4.78 is 70.4. The molecule has 2 atom stereocenters. The molecule has 10 nitrogen and oxygen atoms in total. The van der Waals surface area contributed by atoms with E-state index in [1.165, 1.54) is 13.8 Å². The van der Waals surface area contributed by atoms with Crippen LogP contribution in [0.3, 0.4) is 0 Å². The highest BCUT2D eigenvalue weighted by Crippen LogP contribution is 2.06. The van der Waals surface area contributed by atoms with Gasteiger partial charge in [-0.3, -0.25) is 9.11 Å². The van der Waals surface area contributed by atoms with E-state index in [9.17, 15) is 26.4 Å². The first-order chi connectivity index (χ1) is 10.9. The molecule has 0 saturated heterocycles. The van der Waals surface area contributed by atoms with Gasteiger partial charge in [-0.25, -0.2) is 9.59 Å². The molecule has 0 amide bonds. The summed E-state index contributed by atoms with van der Waals surface area (Å²) in [4.78, 5) is 22.6. The van der Waals surface area contributed by atoms with E-state index < -0.39 is 55.9 Å². The number of hydrogen-bond donors (Lipinski definition) is 2. The van der Waals surface area contributed by atoms with Crippen molar-refractivity contribution < 1.29 is 45.0 Å². The van der Waals surface area contributed by atoms with Gasteiger partial charge in [0.25, 0.3) is 20.2 Å². The summed E-state index contributed by atoms with van der Waals surface area (Å²) in [7, 11) is -8.70. The van der Waals surface area contributed by atoms with E-state index in [4.69, 9.17) is 9.11 Å². The van der Waals surface area contributed by atoms with Gasteiger partial charge in [0.1, 0.15) is 23.7 Å². The zero-order valence-electron chi connectivity index (χ0n) is 13.1. The van der Waals surface area contributed by atoms with Crippen LogP contribution in [0.1, 0.15) is 26.7 Å². The molecule has 0 aromatic rings. The van der Waals surface area contributed by atoms with Gasteiger partial charge in [0.15, 0.2) is 0 Å².